The van der Waals surface area contributed by atoms with Gasteiger partial charge in [0.2, 0.25) is 11.8 Å². The number of thiocarbonyl (C=S) groups is 1. The fourth-order valence-electron chi connectivity index (χ4n) is 4.29. The van der Waals surface area contributed by atoms with E-state index in [1.54, 1.807) is 11.8 Å². The molecule has 1 aliphatic rings. The van der Waals surface area contributed by atoms with Crippen LogP contribution >= 0.6 is 35.7 Å². The summed E-state index contributed by atoms with van der Waals surface area (Å²) in [5.74, 6) is 1.23. The minimum absolute atomic E-state index is 0.104. The van der Waals surface area contributed by atoms with Crippen LogP contribution in [0.15, 0.2) is 0 Å². The fraction of sp³-hybridized carbons (Fsp3) is 0.828. The van der Waals surface area contributed by atoms with Crippen molar-refractivity contribution in [1.29, 1.82) is 0 Å². The number of ether oxygens (including phenoxy) is 3. The second-order valence-corrected chi connectivity index (χ2v) is 14.2. The van der Waals surface area contributed by atoms with Crippen molar-refractivity contribution in [3.8, 4) is 0 Å². The van der Waals surface area contributed by atoms with Crippen molar-refractivity contribution in [3.05, 3.63) is 11.4 Å². The fourth-order valence-corrected chi connectivity index (χ4v) is 6.67. The lowest BCUT2D eigenvalue weighted by Crippen LogP contribution is -2.64. The van der Waals surface area contributed by atoms with E-state index in [9.17, 15) is 29.7 Å². The summed E-state index contributed by atoms with van der Waals surface area (Å²) in [6.45, 7) is 13.3. The van der Waals surface area contributed by atoms with E-state index in [1.807, 2.05) is 6.92 Å². The Labute approximate surface area is 274 Å². The highest BCUT2D eigenvalue weighted by atomic mass is 32.2. The van der Waals surface area contributed by atoms with Crippen LogP contribution in [-0.2, 0) is 28.6 Å². The minimum atomic E-state index is -1.35. The third kappa shape index (κ3) is 16.8. The Balaban J connectivity index is 2.11. The Morgan fingerprint density at radius 2 is 1.80 bits per heavy atom. The first kappa shape index (κ1) is 40.7. The van der Waals surface area contributed by atoms with Crippen molar-refractivity contribution in [2.45, 2.75) is 108 Å². The van der Waals surface area contributed by atoms with Crippen molar-refractivity contribution in [1.82, 2.24) is 10.6 Å². The zero-order chi connectivity index (χ0) is 33.0. The predicted molar refractivity (Wildman–Crippen MR) is 175 cm³/mol. The molecule has 0 radical (unpaired) electrons. The van der Waals surface area contributed by atoms with Gasteiger partial charge in [0.1, 0.15) is 30.1 Å². The molecule has 1 unspecified atom stereocenters. The zero-order valence-corrected chi connectivity index (χ0v) is 28.4. The van der Waals surface area contributed by atoms with Gasteiger partial charge < -0.3 is 40.2 Å². The molecule has 0 aliphatic carbocycles. The van der Waals surface area contributed by atoms with Crippen LogP contribution in [0.5, 0.6) is 0 Å². The Morgan fingerprint density at radius 1 is 1.07 bits per heavy atom. The van der Waals surface area contributed by atoms with Crippen molar-refractivity contribution in [3.63, 3.8) is 0 Å². The molecule has 0 aromatic carbocycles. The van der Waals surface area contributed by atoms with Crippen molar-refractivity contribution in [2.24, 2.45) is 0 Å². The van der Waals surface area contributed by atoms with E-state index in [4.69, 9.17) is 33.0 Å². The highest BCUT2D eigenvalue weighted by Gasteiger charge is 2.45. The number of Topliss-reactive ketones (excluding diaryl/α,β-unsaturated/α-hetero) is 1. The number of aliphatic hydroxyl groups is 3. The summed E-state index contributed by atoms with van der Waals surface area (Å²) in [6, 6.07) is -0.962. The van der Waals surface area contributed by atoms with Crippen molar-refractivity contribution >= 4 is 57.5 Å². The van der Waals surface area contributed by atoms with Crippen molar-refractivity contribution < 1.29 is 43.9 Å². The largest absolute Gasteiger partial charge is 0.394 e. The van der Waals surface area contributed by atoms with Gasteiger partial charge in [-0.15, -0.1) is 0 Å². The van der Waals surface area contributed by atoms with Gasteiger partial charge in [-0.3, -0.25) is 19.2 Å². The van der Waals surface area contributed by atoms with E-state index >= 15 is 0 Å². The molecule has 1 aliphatic heterocycles. The monoisotopic (exact) mass is 679 g/mol. The Hall–Kier alpha value is -1.35. The van der Waals surface area contributed by atoms with Crippen LogP contribution in [-0.4, -0.2) is 117 Å². The van der Waals surface area contributed by atoms with Gasteiger partial charge in [-0.25, -0.2) is 6.57 Å². The normalized spacial score (nSPS) is 22.9. The first-order valence-electron chi connectivity index (χ1n) is 15.0. The van der Waals surface area contributed by atoms with Crippen LogP contribution in [0.2, 0.25) is 0 Å². The maximum absolute atomic E-state index is 12.2. The molecule has 0 saturated carbocycles. The van der Waals surface area contributed by atoms with Crippen LogP contribution in [0, 0.1) is 6.57 Å². The minimum Gasteiger partial charge on any atom is -0.394 e. The van der Waals surface area contributed by atoms with Crippen molar-refractivity contribution in [2.75, 3.05) is 44.5 Å². The molecule has 2 amide bonds. The highest BCUT2D eigenvalue weighted by molar-refractivity contribution is 8.25. The molecule has 1 saturated heterocycles. The van der Waals surface area contributed by atoms with E-state index in [0.29, 0.717) is 38.8 Å². The number of amides is 2. The van der Waals surface area contributed by atoms with Gasteiger partial charge in [0.05, 0.1) is 24.0 Å². The molecule has 12 nitrogen and oxygen atoms in total. The lowest BCUT2D eigenvalue weighted by Gasteiger charge is -2.42. The first-order chi connectivity index (χ1) is 21.0. The number of thioether (sulfide) groups is 2. The predicted octanol–water partition coefficient (Wildman–Crippen LogP) is 2.22. The highest BCUT2D eigenvalue weighted by Crippen LogP contribution is 2.33. The van der Waals surface area contributed by atoms with Gasteiger partial charge in [-0.05, 0) is 30.4 Å². The number of rotatable bonds is 23. The molecule has 0 spiro atoms. The zero-order valence-electron chi connectivity index (χ0n) is 26.0. The molecule has 6 atom stereocenters. The Bertz CT molecular complexity index is 939. The van der Waals surface area contributed by atoms with Crippen LogP contribution in [0.4, 0.5) is 0 Å². The molecule has 0 aromatic heterocycles. The van der Waals surface area contributed by atoms with E-state index in [-0.39, 0.29) is 31.3 Å². The molecule has 0 bridgehead atoms. The number of unbranched alkanes of at least 4 members (excludes halogenated alkanes) is 3. The summed E-state index contributed by atoms with van der Waals surface area (Å²) in [5.41, 5.74) is 0. The van der Waals surface area contributed by atoms with Crippen LogP contribution in [0.3, 0.4) is 0 Å². The summed E-state index contributed by atoms with van der Waals surface area (Å²) in [4.78, 5) is 38.7. The van der Waals surface area contributed by atoms with Gasteiger partial charge in [0.25, 0.3) is 4.87 Å². The first-order valence-corrected chi connectivity index (χ1v) is 17.4. The molecule has 1 heterocycles. The van der Waals surface area contributed by atoms with E-state index in [1.165, 1.54) is 18.7 Å². The topological polar surface area (TPSA) is 168 Å². The Morgan fingerprint density at radius 3 is 2.45 bits per heavy atom. The summed E-state index contributed by atoms with van der Waals surface area (Å²) >= 11 is 8.43. The molecule has 44 heavy (non-hydrogen) atoms. The summed E-state index contributed by atoms with van der Waals surface area (Å²) in [6.07, 6.45) is -0.336. The molecule has 15 heteroatoms. The molecule has 252 valence electrons. The summed E-state index contributed by atoms with van der Waals surface area (Å²) in [5, 5.41) is 35.0. The van der Waals surface area contributed by atoms with E-state index in [0.717, 1.165) is 35.0 Å². The van der Waals surface area contributed by atoms with Crippen LogP contribution in [0.1, 0.15) is 72.1 Å². The number of carbonyl (C=O) groups is 3. The number of hydrogen-bond donors (Lipinski definition) is 5. The molecule has 5 N–H and O–H groups in total. The maximum Gasteiger partial charge on any atom is 0.280 e. The lowest BCUT2D eigenvalue weighted by molar-refractivity contribution is -0.270. The third-order valence-electron chi connectivity index (χ3n) is 6.79. The number of aliphatic hydroxyl groups excluding tert-OH is 3. The third-order valence-corrected chi connectivity index (χ3v) is 9.55. The molecular weight excluding hydrogens is 631 g/mol. The van der Waals surface area contributed by atoms with E-state index in [2.05, 4.69) is 22.4 Å². The summed E-state index contributed by atoms with van der Waals surface area (Å²) < 4.78 is 17.5. The smallest absolute Gasteiger partial charge is 0.280 e. The standard InChI is InChI=1S/C29H49N3O9S3/c1-5-43-19-24(42)44-29(3,30-4)13-11-23(36)31-14-17-39-16-12-21(35)10-8-6-7-9-15-40-28-25(32-20(2)34)27(38)26(37)22(18-33)41-28/h22,25-28,33,37-38H,5-19H2,1-3H3,(H,31,36)(H,32,34)/t22-,25-,26+,27-,28-,29?/m1/s1. The number of carbonyl (C=O) groups excluding carboxylic acids is 3. The number of nitrogens with zero attached hydrogens (tertiary/aromatic N) is 1. The second kappa shape index (κ2) is 23.0. The van der Waals surface area contributed by atoms with Crippen LogP contribution in [0.25, 0.3) is 4.85 Å². The van der Waals surface area contributed by atoms with Gasteiger partial charge in [0.15, 0.2) is 6.29 Å². The summed E-state index contributed by atoms with van der Waals surface area (Å²) in [7, 11) is 0. The maximum atomic E-state index is 12.2. The molecule has 1 rings (SSSR count). The number of hydrogen-bond acceptors (Lipinski definition) is 12. The molecule has 1 fully saturated rings. The van der Waals surface area contributed by atoms with Gasteiger partial charge in [0, 0.05) is 58.4 Å². The van der Waals surface area contributed by atoms with Gasteiger partial charge in [-0.1, -0.05) is 32.0 Å². The molecular formula is C29H49N3O9S3. The second-order valence-electron chi connectivity index (χ2n) is 10.6. The lowest BCUT2D eigenvalue weighted by atomic mass is 9.97. The SMILES string of the molecule is [C-]#[N+]C(C)(CCC(=O)NCCOCCC(=O)CCCCCCO[C@@H]1O[C@H](CO)[C@H](O)[C@H](O)[C@H]1NC(C)=O)SC(=S)CSCC. The van der Waals surface area contributed by atoms with Crippen LogP contribution < -0.4 is 10.6 Å². The Kier molecular flexibility index (Phi) is 21.3. The number of ketones is 1. The number of nitrogens with one attached hydrogen (secondary N) is 2. The average molecular weight is 680 g/mol. The quantitative estimate of drug-likeness (QED) is 0.0608. The average Bonchev–Trinajstić information content (AvgIpc) is 2.99. The molecule has 0 aromatic rings. The van der Waals surface area contributed by atoms with Gasteiger partial charge in [-0.2, -0.15) is 11.8 Å². The van der Waals surface area contributed by atoms with Gasteiger partial charge >= 0.3 is 0 Å². The van der Waals surface area contributed by atoms with E-state index < -0.39 is 48.0 Å².